The Morgan fingerprint density at radius 1 is 1.43 bits per heavy atom. The van der Waals surface area contributed by atoms with E-state index in [-0.39, 0.29) is 11.4 Å². The van der Waals surface area contributed by atoms with E-state index in [2.05, 4.69) is 0 Å². The van der Waals surface area contributed by atoms with Crippen LogP contribution in [-0.4, -0.2) is 31.0 Å². The van der Waals surface area contributed by atoms with E-state index in [1.807, 2.05) is 0 Å². The van der Waals surface area contributed by atoms with Gasteiger partial charge in [0.05, 0.1) is 16.3 Å². The van der Waals surface area contributed by atoms with Crippen LogP contribution in [0.5, 0.6) is 0 Å². The second kappa shape index (κ2) is 4.91. The van der Waals surface area contributed by atoms with Crippen molar-refractivity contribution in [2.75, 3.05) is 17.2 Å². The van der Waals surface area contributed by atoms with Gasteiger partial charge in [0.1, 0.15) is 5.25 Å². The maximum absolute atomic E-state index is 13.4. The molecule has 0 radical (unpaired) electrons. The van der Waals surface area contributed by atoms with Crippen LogP contribution in [0.1, 0.15) is 6.42 Å². The van der Waals surface area contributed by atoms with Crippen LogP contribution in [0.15, 0.2) is 12.1 Å². The SMILES string of the molecule is Nc1cc(F)c([N+](=O)[O-])cc1N1CC(S(=O)(=O)F)CC1=O. The fraction of sp³-hybridized carbons (Fsp3) is 0.300. The highest BCUT2D eigenvalue weighted by molar-refractivity contribution is 7.87. The highest BCUT2D eigenvalue weighted by atomic mass is 32.3. The maximum atomic E-state index is 13.4. The maximum Gasteiger partial charge on any atom is 0.307 e. The van der Waals surface area contributed by atoms with Gasteiger partial charge >= 0.3 is 15.9 Å². The number of nitro groups is 1. The summed E-state index contributed by atoms with van der Waals surface area (Å²) in [5.41, 5.74) is 4.06. The molecule has 1 atom stereocenters. The van der Waals surface area contributed by atoms with Crippen molar-refractivity contribution in [3.63, 3.8) is 0 Å². The van der Waals surface area contributed by atoms with E-state index in [4.69, 9.17) is 5.73 Å². The first-order valence-corrected chi connectivity index (χ1v) is 7.03. The smallest absolute Gasteiger partial charge is 0.307 e. The number of amides is 1. The molecule has 1 unspecified atom stereocenters. The predicted octanol–water partition coefficient (Wildman–Crippen LogP) is 0.721. The molecule has 2 rings (SSSR count). The third-order valence-corrected chi connectivity index (χ3v) is 4.18. The largest absolute Gasteiger partial charge is 0.397 e. The van der Waals surface area contributed by atoms with Crippen LogP contribution in [0.4, 0.5) is 25.3 Å². The van der Waals surface area contributed by atoms with E-state index in [1.54, 1.807) is 0 Å². The van der Waals surface area contributed by atoms with Crippen molar-refractivity contribution in [3.8, 4) is 0 Å². The summed E-state index contributed by atoms with van der Waals surface area (Å²) in [4.78, 5) is 22.2. The zero-order chi connectivity index (χ0) is 15.9. The Morgan fingerprint density at radius 3 is 2.52 bits per heavy atom. The van der Waals surface area contributed by atoms with Crippen molar-refractivity contribution in [1.82, 2.24) is 0 Å². The molecule has 1 aliphatic rings. The normalized spacial score (nSPS) is 19.0. The Morgan fingerprint density at radius 2 is 2.05 bits per heavy atom. The van der Waals surface area contributed by atoms with Crippen molar-refractivity contribution in [3.05, 3.63) is 28.1 Å². The van der Waals surface area contributed by atoms with Gasteiger partial charge < -0.3 is 10.6 Å². The van der Waals surface area contributed by atoms with Crippen molar-refractivity contribution < 1.29 is 26.4 Å². The van der Waals surface area contributed by atoms with Gasteiger partial charge in [-0.1, -0.05) is 0 Å². The molecule has 11 heteroatoms. The van der Waals surface area contributed by atoms with Gasteiger partial charge in [0.25, 0.3) is 0 Å². The van der Waals surface area contributed by atoms with Crippen LogP contribution >= 0.6 is 0 Å². The number of hydrogen-bond donors (Lipinski definition) is 1. The van der Waals surface area contributed by atoms with Crippen molar-refractivity contribution in [2.24, 2.45) is 0 Å². The van der Waals surface area contributed by atoms with Crippen LogP contribution in [0.3, 0.4) is 0 Å². The lowest BCUT2D eigenvalue weighted by molar-refractivity contribution is -0.387. The molecule has 0 saturated carbocycles. The molecular weight excluding hydrogens is 312 g/mol. The highest BCUT2D eigenvalue weighted by Gasteiger charge is 2.40. The molecule has 0 spiro atoms. The first-order valence-electron chi connectivity index (χ1n) is 5.58. The number of anilines is 2. The molecule has 0 aromatic heterocycles. The average molecular weight is 321 g/mol. The Bertz CT molecular complexity index is 736. The minimum absolute atomic E-state index is 0.223. The Kier molecular flexibility index (Phi) is 3.53. The van der Waals surface area contributed by atoms with Gasteiger partial charge in [-0.25, -0.2) is 0 Å². The molecule has 1 saturated heterocycles. The van der Waals surface area contributed by atoms with Gasteiger partial charge in [-0.05, 0) is 0 Å². The fourth-order valence-corrected chi connectivity index (χ4v) is 2.70. The molecular formula is C10H9F2N3O5S. The van der Waals surface area contributed by atoms with Gasteiger partial charge in [0, 0.05) is 25.1 Å². The summed E-state index contributed by atoms with van der Waals surface area (Å²) in [6, 6.07) is 1.37. The van der Waals surface area contributed by atoms with Crippen molar-refractivity contribution in [1.29, 1.82) is 0 Å². The molecule has 114 valence electrons. The third kappa shape index (κ3) is 2.77. The van der Waals surface area contributed by atoms with E-state index in [9.17, 15) is 31.6 Å². The van der Waals surface area contributed by atoms with E-state index < -0.39 is 50.8 Å². The molecule has 1 amide bonds. The van der Waals surface area contributed by atoms with Gasteiger partial charge in [-0.2, -0.15) is 12.8 Å². The minimum Gasteiger partial charge on any atom is -0.397 e. The molecule has 0 aliphatic carbocycles. The van der Waals surface area contributed by atoms with Crippen LogP contribution < -0.4 is 10.6 Å². The van der Waals surface area contributed by atoms with E-state index in [0.29, 0.717) is 6.07 Å². The summed E-state index contributed by atoms with van der Waals surface area (Å²) in [5.74, 6) is -1.96. The zero-order valence-corrected chi connectivity index (χ0v) is 11.1. The van der Waals surface area contributed by atoms with Crippen LogP contribution in [-0.2, 0) is 15.0 Å². The number of nitrogen functional groups attached to an aromatic ring is 1. The summed E-state index contributed by atoms with van der Waals surface area (Å²) >= 11 is 0. The average Bonchev–Trinajstić information content (AvgIpc) is 2.70. The molecule has 1 aromatic carbocycles. The first kappa shape index (κ1) is 15.1. The quantitative estimate of drug-likeness (QED) is 0.378. The molecule has 1 aromatic rings. The number of hydrogen-bond acceptors (Lipinski definition) is 6. The summed E-state index contributed by atoms with van der Waals surface area (Å²) in [5, 5.41) is 9.10. The lowest BCUT2D eigenvalue weighted by Crippen LogP contribution is -2.27. The second-order valence-corrected chi connectivity index (χ2v) is 6.04. The van der Waals surface area contributed by atoms with Gasteiger partial charge in [-0.15, -0.1) is 3.89 Å². The minimum atomic E-state index is -4.94. The topological polar surface area (TPSA) is 124 Å². The molecule has 0 bridgehead atoms. The summed E-state index contributed by atoms with van der Waals surface area (Å²) in [7, 11) is -4.94. The summed E-state index contributed by atoms with van der Waals surface area (Å²) < 4.78 is 47.9. The Labute approximate surface area is 117 Å². The molecule has 1 aliphatic heterocycles. The van der Waals surface area contributed by atoms with Gasteiger partial charge in [-0.3, -0.25) is 14.9 Å². The predicted molar refractivity (Wildman–Crippen MR) is 68.3 cm³/mol. The monoisotopic (exact) mass is 321 g/mol. The standard InChI is InChI=1S/C10H9F2N3O5S/c11-6-2-7(13)9(3-8(6)15(17)18)14-4-5(1-10(14)16)21(12,19)20/h2-3,5H,1,4,13H2. The molecule has 8 nitrogen and oxygen atoms in total. The molecule has 1 fully saturated rings. The van der Waals surface area contributed by atoms with Crippen LogP contribution in [0.2, 0.25) is 0 Å². The van der Waals surface area contributed by atoms with E-state index >= 15 is 0 Å². The number of carbonyl (C=O) groups excluding carboxylic acids is 1. The van der Waals surface area contributed by atoms with Crippen molar-refractivity contribution >= 4 is 33.2 Å². The second-order valence-electron chi connectivity index (χ2n) is 4.43. The number of halogens is 2. The van der Waals surface area contributed by atoms with Crippen LogP contribution in [0.25, 0.3) is 0 Å². The number of nitrogens with two attached hydrogens (primary N) is 1. The van der Waals surface area contributed by atoms with Crippen LogP contribution in [0, 0.1) is 15.9 Å². The molecule has 1 heterocycles. The van der Waals surface area contributed by atoms with E-state index in [1.165, 1.54) is 0 Å². The number of rotatable bonds is 3. The van der Waals surface area contributed by atoms with Gasteiger partial charge in [0.15, 0.2) is 0 Å². The number of carbonyl (C=O) groups is 1. The van der Waals surface area contributed by atoms with Crippen molar-refractivity contribution in [2.45, 2.75) is 11.7 Å². The highest BCUT2D eigenvalue weighted by Crippen LogP contribution is 2.34. The van der Waals surface area contributed by atoms with E-state index in [0.717, 1.165) is 11.0 Å². The number of nitro benzene ring substituents is 1. The molecule has 2 N–H and O–H groups in total. The summed E-state index contributed by atoms with van der Waals surface area (Å²) in [6.07, 6.45) is -0.608. The fourth-order valence-electron chi connectivity index (χ4n) is 2.04. The first-order chi connectivity index (χ1) is 9.61. The number of nitrogens with zero attached hydrogens (tertiary/aromatic N) is 2. The lowest BCUT2D eigenvalue weighted by atomic mass is 10.2. The Balaban J connectivity index is 2.45. The number of benzene rings is 1. The lowest BCUT2D eigenvalue weighted by Gasteiger charge is -2.18. The summed E-state index contributed by atoms with van der Waals surface area (Å²) in [6.45, 7) is -0.537. The third-order valence-electron chi connectivity index (χ3n) is 3.07. The Hall–Kier alpha value is -2.30. The van der Waals surface area contributed by atoms with Gasteiger partial charge in [0.2, 0.25) is 11.7 Å². The zero-order valence-electron chi connectivity index (χ0n) is 10.3. The molecule has 21 heavy (non-hydrogen) atoms.